The maximum absolute atomic E-state index is 14.1. The molecule has 1 aromatic carbocycles. The van der Waals surface area contributed by atoms with Gasteiger partial charge in [0.05, 0.1) is 6.20 Å². The number of allylic oxidation sites excluding steroid dienone is 1. The zero-order valence-electron chi connectivity index (χ0n) is 16.1. The lowest BCUT2D eigenvalue weighted by Crippen LogP contribution is -2.45. The number of aromatic nitrogens is 2. The number of halogens is 1. The average Bonchev–Trinajstić information content (AvgIpc) is 3.12. The third-order valence-corrected chi connectivity index (χ3v) is 7.24. The van der Waals surface area contributed by atoms with E-state index >= 15 is 0 Å². The highest BCUT2D eigenvalue weighted by Gasteiger charge is 2.39. The van der Waals surface area contributed by atoms with E-state index in [0.717, 1.165) is 16.5 Å². The van der Waals surface area contributed by atoms with Crippen molar-refractivity contribution in [2.24, 2.45) is 5.92 Å². The average molecular weight is 427 g/mol. The molecule has 0 atom stereocenters. The van der Waals surface area contributed by atoms with Crippen LogP contribution in [0.3, 0.4) is 0 Å². The molecule has 0 radical (unpaired) electrons. The topological polar surface area (TPSA) is 104 Å². The smallest absolute Gasteiger partial charge is 0.531 e. The van der Waals surface area contributed by atoms with Crippen LogP contribution in [-0.2, 0) is 10.0 Å². The second kappa shape index (κ2) is 6.93. The van der Waals surface area contributed by atoms with Gasteiger partial charge < -0.3 is 14.7 Å². The number of aromatic amines is 1. The summed E-state index contributed by atoms with van der Waals surface area (Å²) in [6.45, 7) is 1.70. The second-order valence-corrected chi connectivity index (χ2v) is 9.47. The van der Waals surface area contributed by atoms with Crippen molar-refractivity contribution >= 4 is 33.7 Å². The SMILES string of the molecule is Cc1ccc(S(=O)(=O)NC2CC(C3=CB(O)Oc4cnc5[nH]ccc5c43)C2)c(F)c1. The monoisotopic (exact) mass is 427 g/mol. The van der Waals surface area contributed by atoms with Crippen molar-refractivity contribution in [2.45, 2.75) is 30.7 Å². The van der Waals surface area contributed by atoms with Crippen LogP contribution in [0.2, 0.25) is 0 Å². The van der Waals surface area contributed by atoms with Crippen LogP contribution in [0.1, 0.15) is 24.0 Å². The van der Waals surface area contributed by atoms with Gasteiger partial charge in [-0.2, -0.15) is 0 Å². The molecular formula is C20H19BFN3O4S. The lowest BCUT2D eigenvalue weighted by Gasteiger charge is -2.39. The maximum atomic E-state index is 14.1. The highest BCUT2D eigenvalue weighted by molar-refractivity contribution is 7.89. The van der Waals surface area contributed by atoms with Gasteiger partial charge in [-0.05, 0) is 61.0 Å². The Morgan fingerprint density at radius 2 is 2.13 bits per heavy atom. The van der Waals surface area contributed by atoms with E-state index in [1.165, 1.54) is 12.1 Å². The first-order valence-corrected chi connectivity index (χ1v) is 11.1. The van der Waals surface area contributed by atoms with Gasteiger partial charge in [0.15, 0.2) is 0 Å². The van der Waals surface area contributed by atoms with Gasteiger partial charge in [0, 0.05) is 23.2 Å². The van der Waals surface area contributed by atoms with E-state index in [2.05, 4.69) is 14.7 Å². The molecule has 1 fully saturated rings. The molecule has 3 N–H and O–H groups in total. The number of nitrogens with one attached hydrogen (secondary N) is 2. The van der Waals surface area contributed by atoms with Crippen LogP contribution < -0.4 is 9.38 Å². The summed E-state index contributed by atoms with van der Waals surface area (Å²) >= 11 is 0. The van der Waals surface area contributed by atoms with Gasteiger partial charge in [-0.25, -0.2) is 22.5 Å². The molecule has 10 heteroatoms. The third kappa shape index (κ3) is 3.21. The fraction of sp³-hybridized carbons (Fsp3) is 0.250. The van der Waals surface area contributed by atoms with Crippen LogP contribution in [0, 0.1) is 18.7 Å². The molecule has 1 aliphatic heterocycles. The first-order valence-electron chi connectivity index (χ1n) is 9.63. The van der Waals surface area contributed by atoms with Crippen LogP contribution >= 0.6 is 0 Å². The number of benzene rings is 1. The Morgan fingerprint density at radius 1 is 1.33 bits per heavy atom. The highest BCUT2D eigenvalue weighted by atomic mass is 32.2. The minimum absolute atomic E-state index is 0.0402. The summed E-state index contributed by atoms with van der Waals surface area (Å²) in [4.78, 5) is 7.01. The zero-order chi connectivity index (χ0) is 21.0. The normalized spacial score (nSPS) is 21.0. The Morgan fingerprint density at radius 3 is 2.90 bits per heavy atom. The molecule has 0 unspecified atom stereocenters. The van der Waals surface area contributed by atoms with Crippen molar-refractivity contribution in [2.75, 3.05) is 0 Å². The van der Waals surface area contributed by atoms with E-state index in [-0.39, 0.29) is 16.9 Å². The minimum atomic E-state index is -3.95. The van der Waals surface area contributed by atoms with Gasteiger partial charge in [-0.3, -0.25) is 0 Å². The van der Waals surface area contributed by atoms with Crippen LogP contribution in [0.5, 0.6) is 5.75 Å². The Balaban J connectivity index is 1.37. The van der Waals surface area contributed by atoms with Crippen molar-refractivity contribution in [3.05, 3.63) is 59.6 Å². The van der Waals surface area contributed by atoms with E-state index in [1.54, 1.807) is 31.4 Å². The van der Waals surface area contributed by atoms with Gasteiger partial charge in [0.1, 0.15) is 22.1 Å². The number of H-pyrrole nitrogens is 1. The van der Waals surface area contributed by atoms with Crippen LogP contribution in [0.25, 0.3) is 16.6 Å². The number of rotatable bonds is 4. The molecule has 30 heavy (non-hydrogen) atoms. The number of fused-ring (bicyclic) bond motifs is 3. The van der Waals surface area contributed by atoms with E-state index in [1.807, 2.05) is 6.07 Å². The molecule has 2 aromatic heterocycles. The molecule has 7 nitrogen and oxygen atoms in total. The maximum Gasteiger partial charge on any atom is 0.552 e. The largest absolute Gasteiger partial charge is 0.552 e. The molecule has 3 heterocycles. The van der Waals surface area contributed by atoms with E-state index in [9.17, 15) is 17.8 Å². The molecule has 2 aliphatic rings. The van der Waals surface area contributed by atoms with Gasteiger partial charge in [0.2, 0.25) is 10.0 Å². The number of sulfonamides is 1. The third-order valence-electron chi connectivity index (χ3n) is 5.69. The summed E-state index contributed by atoms with van der Waals surface area (Å²) in [5.41, 5.74) is 3.14. The summed E-state index contributed by atoms with van der Waals surface area (Å²) < 4.78 is 47.4. The summed E-state index contributed by atoms with van der Waals surface area (Å²) in [6, 6.07) is 5.65. The van der Waals surface area contributed by atoms with Gasteiger partial charge >= 0.3 is 7.12 Å². The summed E-state index contributed by atoms with van der Waals surface area (Å²) in [6.07, 6.45) is 4.44. The fourth-order valence-corrected chi connectivity index (χ4v) is 5.51. The highest BCUT2D eigenvalue weighted by Crippen LogP contribution is 2.46. The summed E-state index contributed by atoms with van der Waals surface area (Å²) in [5, 5.41) is 11.0. The number of nitrogens with zero attached hydrogens (tertiary/aromatic N) is 1. The van der Waals surface area contributed by atoms with Crippen molar-refractivity contribution in [3.8, 4) is 5.75 Å². The predicted octanol–water partition coefficient (Wildman–Crippen LogP) is 2.56. The molecule has 0 saturated heterocycles. The molecule has 0 spiro atoms. The van der Waals surface area contributed by atoms with Crippen molar-refractivity contribution in [3.63, 3.8) is 0 Å². The first-order chi connectivity index (χ1) is 14.3. The standard InChI is InChI=1S/C20H19BFN3O4S/c1-11-2-3-18(16(22)6-11)30(27,28)25-13-7-12(8-13)15-9-21(26)29-17-10-24-20-14(19(15)17)4-5-23-20/h2-6,9-10,12-13,25-26H,7-8H2,1H3,(H,23,24). The quantitative estimate of drug-likeness (QED) is 0.556. The molecule has 0 amide bonds. The molecule has 3 aromatic rings. The number of hydrogen-bond donors (Lipinski definition) is 3. The molecular weight excluding hydrogens is 408 g/mol. The summed E-state index contributed by atoms with van der Waals surface area (Å²) in [7, 11) is -5.03. The number of hydrogen-bond acceptors (Lipinski definition) is 5. The number of aryl methyl sites for hydroxylation is 1. The second-order valence-electron chi connectivity index (χ2n) is 7.79. The molecule has 5 rings (SSSR count). The molecule has 154 valence electrons. The van der Waals surface area contributed by atoms with Crippen LogP contribution in [0.15, 0.2) is 47.5 Å². The van der Waals surface area contributed by atoms with E-state index in [4.69, 9.17) is 4.65 Å². The first kappa shape index (κ1) is 19.3. The van der Waals surface area contributed by atoms with Crippen molar-refractivity contribution < 1.29 is 22.5 Å². The van der Waals surface area contributed by atoms with Crippen LogP contribution in [0.4, 0.5) is 4.39 Å². The summed E-state index contributed by atoms with van der Waals surface area (Å²) in [5.74, 6) is 1.44. The van der Waals surface area contributed by atoms with Crippen molar-refractivity contribution in [1.82, 2.24) is 14.7 Å². The van der Waals surface area contributed by atoms with Gasteiger partial charge in [-0.15, -0.1) is 0 Å². The number of pyridine rings is 1. The Hall–Kier alpha value is -2.69. The Bertz CT molecular complexity index is 1280. The lowest BCUT2D eigenvalue weighted by molar-refractivity contribution is 0.308. The fourth-order valence-electron chi connectivity index (χ4n) is 4.19. The minimum Gasteiger partial charge on any atom is -0.531 e. The van der Waals surface area contributed by atoms with Gasteiger partial charge in [0.25, 0.3) is 0 Å². The molecule has 0 bridgehead atoms. The lowest BCUT2D eigenvalue weighted by atomic mass is 9.68. The Labute approximate surface area is 173 Å². The van der Waals surface area contributed by atoms with E-state index < -0.39 is 23.0 Å². The molecule has 1 aliphatic carbocycles. The predicted molar refractivity (Wildman–Crippen MR) is 111 cm³/mol. The van der Waals surface area contributed by atoms with Crippen molar-refractivity contribution in [1.29, 1.82) is 0 Å². The Kier molecular flexibility index (Phi) is 4.46. The van der Waals surface area contributed by atoms with E-state index in [0.29, 0.717) is 29.8 Å². The zero-order valence-corrected chi connectivity index (χ0v) is 16.9. The van der Waals surface area contributed by atoms with Gasteiger partial charge in [-0.1, -0.05) is 6.07 Å². The van der Waals surface area contributed by atoms with Crippen LogP contribution in [-0.4, -0.2) is 36.6 Å². The molecule has 1 saturated carbocycles.